The molecular weight excluding hydrogens is 222 g/mol. The Hall–Kier alpha value is -0.940. The third kappa shape index (κ3) is 4.44. The zero-order valence-corrected chi connectivity index (χ0v) is 10.7. The normalized spacial score (nSPS) is 24.3. The second-order valence-corrected chi connectivity index (χ2v) is 4.70. The van der Waals surface area contributed by atoms with Crippen LogP contribution in [-0.4, -0.2) is 36.7 Å². The van der Waals surface area contributed by atoms with Crippen molar-refractivity contribution in [1.82, 2.24) is 5.32 Å². The summed E-state index contributed by atoms with van der Waals surface area (Å²) in [5, 5.41) is 2.52. The van der Waals surface area contributed by atoms with Crippen molar-refractivity contribution < 1.29 is 19.1 Å². The molecule has 1 aliphatic rings. The van der Waals surface area contributed by atoms with Crippen LogP contribution in [0.15, 0.2) is 0 Å². The SMILES string of the molecule is CCC(NC=O)C(=O)CCC1COC(C)(C)O1. The van der Waals surface area contributed by atoms with Crippen molar-refractivity contribution >= 4 is 12.2 Å². The van der Waals surface area contributed by atoms with Crippen molar-refractivity contribution in [2.45, 2.75) is 58.0 Å². The van der Waals surface area contributed by atoms with Crippen LogP contribution in [0.3, 0.4) is 0 Å². The number of amides is 1. The first kappa shape index (κ1) is 14.1. The van der Waals surface area contributed by atoms with E-state index in [2.05, 4.69) is 5.32 Å². The number of ketones is 1. The molecule has 17 heavy (non-hydrogen) atoms. The molecule has 1 rings (SSSR count). The summed E-state index contributed by atoms with van der Waals surface area (Å²) in [6.45, 7) is 6.12. The third-order valence-electron chi connectivity index (χ3n) is 2.85. The molecule has 1 amide bonds. The molecule has 1 N–H and O–H groups in total. The van der Waals surface area contributed by atoms with E-state index < -0.39 is 5.79 Å². The van der Waals surface area contributed by atoms with Crippen LogP contribution in [0.2, 0.25) is 0 Å². The highest BCUT2D eigenvalue weighted by molar-refractivity contribution is 5.85. The Morgan fingerprint density at radius 3 is 2.76 bits per heavy atom. The Bertz CT molecular complexity index is 278. The average Bonchev–Trinajstić information content (AvgIpc) is 2.62. The van der Waals surface area contributed by atoms with Gasteiger partial charge in [0.25, 0.3) is 0 Å². The molecule has 0 aliphatic carbocycles. The smallest absolute Gasteiger partial charge is 0.207 e. The molecule has 0 aromatic rings. The summed E-state index contributed by atoms with van der Waals surface area (Å²) < 4.78 is 11.0. The van der Waals surface area contributed by atoms with Crippen molar-refractivity contribution in [1.29, 1.82) is 0 Å². The summed E-state index contributed by atoms with van der Waals surface area (Å²) >= 11 is 0. The molecule has 1 heterocycles. The topological polar surface area (TPSA) is 64.6 Å². The third-order valence-corrected chi connectivity index (χ3v) is 2.85. The van der Waals surface area contributed by atoms with Crippen molar-refractivity contribution in [2.24, 2.45) is 0 Å². The van der Waals surface area contributed by atoms with Crippen LogP contribution in [0.1, 0.15) is 40.0 Å². The number of carbonyl (C=O) groups is 2. The number of hydrogen-bond acceptors (Lipinski definition) is 4. The molecule has 0 aromatic heterocycles. The minimum atomic E-state index is -0.543. The Morgan fingerprint density at radius 2 is 2.29 bits per heavy atom. The molecule has 2 unspecified atom stereocenters. The fourth-order valence-electron chi connectivity index (χ4n) is 1.90. The maximum atomic E-state index is 11.8. The summed E-state index contributed by atoms with van der Waals surface area (Å²) in [6.07, 6.45) is 2.21. The van der Waals surface area contributed by atoms with E-state index >= 15 is 0 Å². The van der Waals surface area contributed by atoms with Gasteiger partial charge < -0.3 is 14.8 Å². The lowest BCUT2D eigenvalue weighted by atomic mass is 10.0. The predicted molar refractivity (Wildman–Crippen MR) is 62.4 cm³/mol. The largest absolute Gasteiger partial charge is 0.349 e. The second-order valence-electron chi connectivity index (χ2n) is 4.70. The van der Waals surface area contributed by atoms with E-state index in [-0.39, 0.29) is 17.9 Å². The van der Waals surface area contributed by atoms with Crippen LogP contribution < -0.4 is 5.32 Å². The van der Waals surface area contributed by atoms with Crippen LogP contribution in [-0.2, 0) is 19.1 Å². The minimum Gasteiger partial charge on any atom is -0.349 e. The molecule has 0 radical (unpaired) electrons. The number of nitrogens with one attached hydrogen (secondary N) is 1. The average molecular weight is 243 g/mol. The molecule has 2 atom stereocenters. The zero-order chi connectivity index (χ0) is 12.9. The molecule has 0 aromatic carbocycles. The lowest BCUT2D eigenvalue weighted by Gasteiger charge is -2.17. The van der Waals surface area contributed by atoms with Gasteiger partial charge in [0, 0.05) is 6.42 Å². The summed E-state index contributed by atoms with van der Waals surface area (Å²) in [5.74, 6) is -0.494. The summed E-state index contributed by atoms with van der Waals surface area (Å²) in [4.78, 5) is 22.1. The van der Waals surface area contributed by atoms with Gasteiger partial charge in [-0.05, 0) is 26.7 Å². The highest BCUT2D eigenvalue weighted by Gasteiger charge is 2.32. The quantitative estimate of drug-likeness (QED) is 0.678. The predicted octanol–water partition coefficient (Wildman–Crippen LogP) is 1.01. The molecule has 98 valence electrons. The molecule has 0 spiro atoms. The lowest BCUT2D eigenvalue weighted by molar-refractivity contribution is -0.140. The van der Waals surface area contributed by atoms with Crippen LogP contribution in [0, 0.1) is 0 Å². The van der Waals surface area contributed by atoms with E-state index in [1.165, 1.54) is 0 Å². The van der Waals surface area contributed by atoms with Gasteiger partial charge >= 0.3 is 0 Å². The number of rotatable bonds is 7. The minimum absolute atomic E-state index is 0.0253. The van der Waals surface area contributed by atoms with Gasteiger partial charge in [-0.15, -0.1) is 0 Å². The van der Waals surface area contributed by atoms with Crippen LogP contribution in [0.5, 0.6) is 0 Å². The Balaban J connectivity index is 2.30. The van der Waals surface area contributed by atoms with Gasteiger partial charge in [0.05, 0.1) is 18.8 Å². The standard InChI is InChI=1S/C12H21NO4/c1-4-10(13-8-14)11(15)6-5-9-7-16-12(2,3)17-9/h8-10H,4-7H2,1-3H3,(H,13,14). The molecule has 1 saturated heterocycles. The van der Waals surface area contributed by atoms with E-state index in [1.807, 2.05) is 20.8 Å². The van der Waals surface area contributed by atoms with Gasteiger partial charge in [0.2, 0.25) is 6.41 Å². The fraction of sp³-hybridized carbons (Fsp3) is 0.833. The van der Waals surface area contributed by atoms with E-state index in [9.17, 15) is 9.59 Å². The molecule has 1 aliphatic heterocycles. The first-order valence-electron chi connectivity index (χ1n) is 6.02. The van der Waals surface area contributed by atoms with Crippen molar-refractivity contribution in [3.05, 3.63) is 0 Å². The van der Waals surface area contributed by atoms with Crippen molar-refractivity contribution in [3.8, 4) is 0 Å². The van der Waals surface area contributed by atoms with Crippen molar-refractivity contribution in [3.63, 3.8) is 0 Å². The van der Waals surface area contributed by atoms with E-state index in [1.54, 1.807) is 0 Å². The molecule has 5 nitrogen and oxygen atoms in total. The van der Waals surface area contributed by atoms with Crippen LogP contribution in [0.25, 0.3) is 0 Å². The summed E-state index contributed by atoms with van der Waals surface area (Å²) in [5.41, 5.74) is 0. The lowest BCUT2D eigenvalue weighted by Crippen LogP contribution is -2.35. The number of carbonyl (C=O) groups excluding carboxylic acids is 2. The maximum absolute atomic E-state index is 11.8. The first-order chi connectivity index (χ1) is 7.98. The molecule has 0 bridgehead atoms. The van der Waals surface area contributed by atoms with Gasteiger partial charge in [0.1, 0.15) is 0 Å². The monoisotopic (exact) mass is 243 g/mol. The Kier molecular flexibility index (Phi) is 5.08. The van der Waals surface area contributed by atoms with Crippen LogP contribution >= 0.6 is 0 Å². The van der Waals surface area contributed by atoms with Gasteiger partial charge in [-0.25, -0.2) is 0 Å². The highest BCUT2D eigenvalue weighted by Crippen LogP contribution is 2.24. The first-order valence-corrected chi connectivity index (χ1v) is 6.02. The van der Waals surface area contributed by atoms with Gasteiger partial charge in [-0.2, -0.15) is 0 Å². The molecule has 0 saturated carbocycles. The maximum Gasteiger partial charge on any atom is 0.207 e. The van der Waals surface area contributed by atoms with E-state index in [0.717, 1.165) is 0 Å². The van der Waals surface area contributed by atoms with Crippen LogP contribution in [0.4, 0.5) is 0 Å². The fourth-order valence-corrected chi connectivity index (χ4v) is 1.90. The highest BCUT2D eigenvalue weighted by atomic mass is 16.7. The molecular formula is C12H21NO4. The molecule has 5 heteroatoms. The number of hydrogen-bond donors (Lipinski definition) is 1. The zero-order valence-electron chi connectivity index (χ0n) is 10.7. The summed E-state index contributed by atoms with van der Waals surface area (Å²) in [6, 6.07) is -0.372. The Labute approximate surface area is 102 Å². The summed E-state index contributed by atoms with van der Waals surface area (Å²) in [7, 11) is 0. The second kappa shape index (κ2) is 6.12. The van der Waals surface area contributed by atoms with E-state index in [0.29, 0.717) is 32.3 Å². The van der Waals surface area contributed by atoms with Gasteiger partial charge in [-0.3, -0.25) is 9.59 Å². The Morgan fingerprint density at radius 1 is 1.59 bits per heavy atom. The van der Waals surface area contributed by atoms with Gasteiger partial charge in [0.15, 0.2) is 11.6 Å². The van der Waals surface area contributed by atoms with E-state index in [4.69, 9.17) is 9.47 Å². The molecule has 1 fully saturated rings. The van der Waals surface area contributed by atoms with Gasteiger partial charge in [-0.1, -0.05) is 6.92 Å². The number of ether oxygens (including phenoxy) is 2. The van der Waals surface area contributed by atoms with Crippen molar-refractivity contribution in [2.75, 3.05) is 6.61 Å². The number of Topliss-reactive ketones (excluding diaryl/α,β-unsaturated/α-hetero) is 1.